The van der Waals surface area contributed by atoms with Crippen LogP contribution in [0.5, 0.6) is 0 Å². The Kier molecular flexibility index (Phi) is 3.88. The Morgan fingerprint density at radius 3 is 1.45 bits per heavy atom. The van der Waals surface area contributed by atoms with Gasteiger partial charge in [0.25, 0.3) is 0 Å². The molecule has 0 saturated carbocycles. The Morgan fingerprint density at radius 1 is 0.636 bits per heavy atom. The van der Waals surface area contributed by atoms with Crippen LogP contribution in [0.2, 0.25) is 0 Å². The van der Waals surface area contributed by atoms with E-state index in [9.17, 15) is 0 Å². The molecule has 1 aliphatic carbocycles. The molecule has 1 aliphatic rings. The SMILES string of the molecule is Cc1ccc(C(=C2C=CC(=[NH2+])C=C2)c2ccc(C)cc2)cc1. The lowest BCUT2D eigenvalue weighted by atomic mass is 9.90. The van der Waals surface area contributed by atoms with Crippen molar-refractivity contribution in [1.82, 2.24) is 0 Å². The first kappa shape index (κ1) is 14.3. The van der Waals surface area contributed by atoms with Crippen LogP contribution in [0.25, 0.3) is 5.57 Å². The lowest BCUT2D eigenvalue weighted by molar-refractivity contribution is -0.110. The van der Waals surface area contributed by atoms with Crippen molar-refractivity contribution in [3.8, 4) is 0 Å². The summed E-state index contributed by atoms with van der Waals surface area (Å²) < 4.78 is 0. The van der Waals surface area contributed by atoms with Crippen LogP contribution in [-0.4, -0.2) is 5.71 Å². The van der Waals surface area contributed by atoms with Gasteiger partial charge in [0, 0.05) is 12.2 Å². The Balaban J connectivity index is 2.18. The van der Waals surface area contributed by atoms with Crippen LogP contribution in [0.3, 0.4) is 0 Å². The minimum atomic E-state index is 0.788. The van der Waals surface area contributed by atoms with Gasteiger partial charge in [-0.25, -0.2) is 0 Å². The van der Waals surface area contributed by atoms with Crippen molar-refractivity contribution in [2.45, 2.75) is 13.8 Å². The summed E-state index contributed by atoms with van der Waals surface area (Å²) in [7, 11) is 0. The summed E-state index contributed by atoms with van der Waals surface area (Å²) in [5.41, 5.74) is 8.19. The zero-order valence-corrected chi connectivity index (χ0v) is 13.0. The molecule has 3 rings (SSSR count). The van der Waals surface area contributed by atoms with Gasteiger partial charge < -0.3 is 0 Å². The van der Waals surface area contributed by atoms with E-state index >= 15 is 0 Å². The van der Waals surface area contributed by atoms with Crippen molar-refractivity contribution >= 4 is 11.3 Å². The normalized spacial score (nSPS) is 13.5. The van der Waals surface area contributed by atoms with Gasteiger partial charge in [-0.1, -0.05) is 59.7 Å². The molecular weight excluding hydrogens is 266 g/mol. The fourth-order valence-electron chi connectivity index (χ4n) is 2.59. The first-order valence-corrected chi connectivity index (χ1v) is 7.50. The standard InChI is InChI=1S/C21H19N/c1-15-3-7-17(8-4-15)21(18-9-5-16(2)6-10-18)19-11-13-20(22)14-12-19/h3-14,22H,1-2H3/p+1. The Hall–Kier alpha value is -2.67. The van der Waals surface area contributed by atoms with Gasteiger partial charge in [0.2, 0.25) is 0 Å². The largest absolute Gasteiger partial charge is 0.254 e. The van der Waals surface area contributed by atoms with E-state index in [-0.39, 0.29) is 0 Å². The van der Waals surface area contributed by atoms with Gasteiger partial charge in [-0.2, -0.15) is 0 Å². The minimum absolute atomic E-state index is 0.788. The predicted octanol–water partition coefficient (Wildman–Crippen LogP) is 3.43. The number of rotatable bonds is 2. The lowest BCUT2D eigenvalue weighted by Crippen LogP contribution is -2.37. The second-order valence-corrected chi connectivity index (χ2v) is 5.73. The maximum atomic E-state index is 5.83. The van der Waals surface area contributed by atoms with Crippen LogP contribution in [0.4, 0.5) is 0 Å². The van der Waals surface area contributed by atoms with E-state index in [1.165, 1.54) is 33.4 Å². The molecule has 0 radical (unpaired) electrons. The molecule has 0 atom stereocenters. The summed E-state index contributed by atoms with van der Waals surface area (Å²) in [6, 6.07) is 17.3. The van der Waals surface area contributed by atoms with E-state index in [0.717, 1.165) is 5.71 Å². The highest BCUT2D eigenvalue weighted by Gasteiger charge is 2.11. The summed E-state index contributed by atoms with van der Waals surface area (Å²) in [5.74, 6) is 0. The predicted molar refractivity (Wildman–Crippen MR) is 93.6 cm³/mol. The zero-order chi connectivity index (χ0) is 15.5. The third kappa shape index (κ3) is 2.99. The van der Waals surface area contributed by atoms with Crippen LogP contribution in [0, 0.1) is 13.8 Å². The van der Waals surface area contributed by atoms with E-state index < -0.39 is 0 Å². The monoisotopic (exact) mass is 286 g/mol. The molecule has 0 aromatic heterocycles. The highest BCUT2D eigenvalue weighted by atomic mass is 14.4. The number of aryl methyl sites for hydroxylation is 2. The number of benzene rings is 2. The number of nitrogens with two attached hydrogens (primary N) is 1. The van der Waals surface area contributed by atoms with E-state index in [1.807, 2.05) is 12.2 Å². The number of allylic oxidation sites excluding steroid dienone is 5. The molecule has 0 fully saturated rings. The van der Waals surface area contributed by atoms with E-state index in [1.54, 1.807) is 0 Å². The lowest BCUT2D eigenvalue weighted by Gasteiger charge is -2.14. The van der Waals surface area contributed by atoms with Gasteiger partial charge in [0.15, 0.2) is 5.71 Å². The van der Waals surface area contributed by atoms with Gasteiger partial charge in [-0.3, -0.25) is 5.41 Å². The maximum absolute atomic E-state index is 5.83. The second kappa shape index (κ2) is 5.98. The molecule has 0 unspecified atom stereocenters. The first-order chi connectivity index (χ1) is 10.6. The van der Waals surface area contributed by atoms with Gasteiger partial charge >= 0.3 is 0 Å². The van der Waals surface area contributed by atoms with Crippen LogP contribution < -0.4 is 5.41 Å². The molecule has 1 heteroatoms. The molecule has 2 N–H and O–H groups in total. The molecule has 0 spiro atoms. The Labute approximate surface area is 131 Å². The van der Waals surface area contributed by atoms with Gasteiger partial charge in [-0.05, 0) is 48.3 Å². The molecule has 2 aromatic rings. The molecule has 2 aromatic carbocycles. The smallest absolute Gasteiger partial charge is 0.196 e. The third-order valence-electron chi connectivity index (χ3n) is 3.88. The molecule has 1 nitrogen and oxygen atoms in total. The van der Waals surface area contributed by atoms with Crippen molar-refractivity contribution in [2.24, 2.45) is 0 Å². The highest BCUT2D eigenvalue weighted by molar-refractivity contribution is 6.03. The van der Waals surface area contributed by atoms with Crippen molar-refractivity contribution < 1.29 is 5.41 Å². The topological polar surface area (TPSA) is 25.6 Å². The molecule has 0 aliphatic heterocycles. The van der Waals surface area contributed by atoms with Crippen LogP contribution in [0.1, 0.15) is 22.3 Å². The summed E-state index contributed by atoms with van der Waals surface area (Å²) in [6.45, 7) is 4.22. The third-order valence-corrected chi connectivity index (χ3v) is 3.88. The van der Waals surface area contributed by atoms with Crippen molar-refractivity contribution in [2.75, 3.05) is 0 Å². The maximum Gasteiger partial charge on any atom is 0.196 e. The Bertz CT molecular complexity index is 719. The second-order valence-electron chi connectivity index (χ2n) is 5.73. The molecule has 108 valence electrons. The summed E-state index contributed by atoms with van der Waals surface area (Å²) in [4.78, 5) is 0. The molecule has 0 bridgehead atoms. The van der Waals surface area contributed by atoms with Crippen LogP contribution in [-0.2, 0) is 0 Å². The highest BCUT2D eigenvalue weighted by Crippen LogP contribution is 2.29. The molecular formula is C21H20N+. The van der Waals surface area contributed by atoms with Crippen LogP contribution >= 0.6 is 0 Å². The first-order valence-electron chi connectivity index (χ1n) is 7.50. The van der Waals surface area contributed by atoms with Crippen molar-refractivity contribution in [3.63, 3.8) is 0 Å². The minimum Gasteiger partial charge on any atom is -0.254 e. The van der Waals surface area contributed by atoms with E-state index in [2.05, 4.69) is 74.5 Å². The average molecular weight is 286 g/mol. The molecule has 22 heavy (non-hydrogen) atoms. The zero-order valence-electron chi connectivity index (χ0n) is 13.0. The molecule has 0 heterocycles. The summed E-state index contributed by atoms with van der Waals surface area (Å²) in [6.07, 6.45) is 8.09. The van der Waals surface area contributed by atoms with E-state index in [4.69, 9.17) is 5.41 Å². The Morgan fingerprint density at radius 2 is 1.05 bits per heavy atom. The summed E-state index contributed by atoms with van der Waals surface area (Å²) >= 11 is 0. The fourth-order valence-corrected chi connectivity index (χ4v) is 2.59. The molecule has 0 saturated heterocycles. The molecule has 0 amide bonds. The fraction of sp³-hybridized carbons (Fsp3) is 0.0952. The van der Waals surface area contributed by atoms with Crippen LogP contribution in [0.15, 0.2) is 78.4 Å². The quantitative estimate of drug-likeness (QED) is 0.875. The number of hydrogen-bond donors (Lipinski definition) is 1. The van der Waals surface area contributed by atoms with Gasteiger partial charge in [-0.15, -0.1) is 0 Å². The van der Waals surface area contributed by atoms with E-state index in [0.29, 0.717) is 0 Å². The average Bonchev–Trinajstić information content (AvgIpc) is 2.53. The van der Waals surface area contributed by atoms with Crippen molar-refractivity contribution in [1.29, 1.82) is 0 Å². The van der Waals surface area contributed by atoms with Gasteiger partial charge in [0.1, 0.15) is 0 Å². The summed E-state index contributed by atoms with van der Waals surface area (Å²) in [5, 5.41) is 5.83. The van der Waals surface area contributed by atoms with Crippen molar-refractivity contribution in [3.05, 3.63) is 101 Å². The van der Waals surface area contributed by atoms with Gasteiger partial charge in [0.05, 0.1) is 0 Å². The number of hydrogen-bond acceptors (Lipinski definition) is 0.